The Kier molecular flexibility index (Phi) is 5.63. The summed E-state index contributed by atoms with van der Waals surface area (Å²) in [7, 11) is -2.35. The number of halogens is 1. The van der Waals surface area contributed by atoms with Crippen LogP contribution in [0.1, 0.15) is 39.3 Å². The van der Waals surface area contributed by atoms with Crippen molar-refractivity contribution in [2.75, 3.05) is 0 Å². The molecule has 0 amide bonds. The highest BCUT2D eigenvalue weighted by Gasteiger charge is 2.48. The van der Waals surface area contributed by atoms with E-state index in [0.717, 1.165) is 5.56 Å². The largest absolute Gasteiger partial charge is 0.324 e. The minimum absolute atomic E-state index is 0.0317. The van der Waals surface area contributed by atoms with Crippen molar-refractivity contribution in [1.82, 2.24) is 4.98 Å². The van der Waals surface area contributed by atoms with Gasteiger partial charge in [-0.25, -0.2) is 4.39 Å². The normalized spacial score (nSPS) is 13.4. The topological polar surface area (TPSA) is 12.0 Å². The van der Waals surface area contributed by atoms with Gasteiger partial charge in [-0.1, -0.05) is 93.6 Å². The molecule has 1 atom stereocenters. The summed E-state index contributed by atoms with van der Waals surface area (Å²) in [5, 5.41) is 2.75. The van der Waals surface area contributed by atoms with Crippen LogP contribution in [0, 0.1) is 5.82 Å². The number of hydrogen-bond acceptors (Lipinski definition) is 1. The first-order valence-electron chi connectivity index (χ1n) is 9.49. The van der Waals surface area contributed by atoms with Gasteiger partial charge in [-0.15, -0.1) is 0 Å². The average Bonchev–Trinajstić information content (AvgIpc) is 2.67. The van der Waals surface area contributed by atoms with E-state index in [1.807, 2.05) is 12.1 Å². The minimum Gasteiger partial charge on any atom is -0.324 e. The Bertz CT molecular complexity index is 815. The molecule has 1 unspecified atom stereocenters. The fourth-order valence-corrected chi connectivity index (χ4v) is 8.98. The van der Waals surface area contributed by atoms with E-state index >= 15 is 0 Å². The molecule has 3 rings (SSSR count). The summed E-state index contributed by atoms with van der Waals surface area (Å²) in [6.45, 7) is 9.14. The fraction of sp³-hybridized carbons (Fsp3) is 0.250. The van der Waals surface area contributed by atoms with Gasteiger partial charge >= 0.3 is 0 Å². The first-order chi connectivity index (χ1) is 12.8. The zero-order chi connectivity index (χ0) is 19.5. The molecule has 0 heterocycles. The predicted molar refractivity (Wildman–Crippen MR) is 116 cm³/mol. The molecular weight excluding hydrogens is 349 g/mol. The second-order valence-corrected chi connectivity index (χ2v) is 12.6. The monoisotopic (exact) mass is 377 g/mol. The molecule has 0 radical (unpaired) electrons. The zero-order valence-corrected chi connectivity index (χ0v) is 17.5. The molecule has 1 N–H and O–H groups in total. The lowest BCUT2D eigenvalue weighted by Crippen LogP contribution is -2.74. The maximum atomic E-state index is 13.4. The van der Waals surface area contributed by atoms with E-state index in [9.17, 15) is 4.39 Å². The van der Waals surface area contributed by atoms with Crippen LogP contribution < -0.4 is 15.4 Å². The van der Waals surface area contributed by atoms with E-state index in [-0.39, 0.29) is 16.9 Å². The zero-order valence-electron chi connectivity index (χ0n) is 16.5. The second kappa shape index (κ2) is 7.79. The maximum Gasteiger partial charge on any atom is 0.195 e. The Balaban J connectivity index is 2.16. The van der Waals surface area contributed by atoms with Gasteiger partial charge in [0.15, 0.2) is 8.24 Å². The molecule has 27 heavy (non-hydrogen) atoms. The first kappa shape index (κ1) is 19.5. The number of nitrogens with one attached hydrogen (secondary N) is 1. The Morgan fingerprint density at radius 1 is 0.741 bits per heavy atom. The minimum atomic E-state index is -2.35. The van der Waals surface area contributed by atoms with Crippen molar-refractivity contribution in [3.63, 3.8) is 0 Å². The highest BCUT2D eigenvalue weighted by Crippen LogP contribution is 2.35. The molecule has 0 bridgehead atoms. The standard InChI is InChI=1S/C24H28FNSi/c1-19(20-15-17-21(25)18-16-20)26-27(24(2,3)4,22-11-7-5-8-12-22)23-13-9-6-10-14-23/h5-19,26H,1-4H3. The molecule has 0 saturated carbocycles. The molecule has 3 aromatic rings. The summed E-state index contributed by atoms with van der Waals surface area (Å²) in [5.74, 6) is -0.198. The van der Waals surface area contributed by atoms with Crippen molar-refractivity contribution >= 4 is 18.6 Å². The van der Waals surface area contributed by atoms with E-state index in [2.05, 4.69) is 93.3 Å². The van der Waals surface area contributed by atoms with Crippen molar-refractivity contribution in [3.8, 4) is 0 Å². The Labute approximate surface area is 163 Å². The van der Waals surface area contributed by atoms with Crippen molar-refractivity contribution < 1.29 is 4.39 Å². The Morgan fingerprint density at radius 3 is 1.59 bits per heavy atom. The molecule has 0 aliphatic heterocycles. The van der Waals surface area contributed by atoms with Crippen LogP contribution in [0.5, 0.6) is 0 Å². The van der Waals surface area contributed by atoms with Crippen LogP contribution in [0.15, 0.2) is 84.9 Å². The third-order valence-corrected chi connectivity index (χ3v) is 10.9. The van der Waals surface area contributed by atoms with E-state index in [0.29, 0.717) is 0 Å². The molecule has 0 aromatic heterocycles. The molecule has 3 heteroatoms. The quantitative estimate of drug-likeness (QED) is 0.615. The van der Waals surface area contributed by atoms with Crippen LogP contribution >= 0.6 is 0 Å². The van der Waals surface area contributed by atoms with Gasteiger partial charge in [0.1, 0.15) is 5.82 Å². The van der Waals surface area contributed by atoms with Gasteiger partial charge in [-0.05, 0) is 40.0 Å². The highest BCUT2D eigenvalue weighted by molar-refractivity contribution is 7.02. The molecular formula is C24H28FNSi. The Morgan fingerprint density at radius 2 is 1.19 bits per heavy atom. The van der Waals surface area contributed by atoms with Gasteiger partial charge in [0.05, 0.1) is 0 Å². The molecule has 1 nitrogen and oxygen atoms in total. The van der Waals surface area contributed by atoms with Crippen LogP contribution in [0.2, 0.25) is 5.04 Å². The van der Waals surface area contributed by atoms with E-state index in [1.165, 1.54) is 10.4 Å². The number of hydrogen-bond donors (Lipinski definition) is 1. The number of rotatable bonds is 5. The molecule has 0 fully saturated rings. The van der Waals surface area contributed by atoms with Gasteiger partial charge in [0.25, 0.3) is 0 Å². The van der Waals surface area contributed by atoms with Gasteiger partial charge in [-0.2, -0.15) is 0 Å². The van der Waals surface area contributed by atoms with Crippen molar-refractivity contribution in [2.24, 2.45) is 0 Å². The predicted octanol–water partition coefficient (Wildman–Crippen LogP) is 5.04. The second-order valence-electron chi connectivity index (χ2n) is 8.15. The summed E-state index contributed by atoms with van der Waals surface area (Å²) >= 11 is 0. The third-order valence-electron chi connectivity index (χ3n) is 5.34. The molecule has 0 saturated heterocycles. The van der Waals surface area contributed by atoms with E-state index in [4.69, 9.17) is 0 Å². The summed E-state index contributed by atoms with van der Waals surface area (Å²) in [6, 6.07) is 28.6. The highest BCUT2D eigenvalue weighted by atomic mass is 28.3. The molecule has 0 aliphatic carbocycles. The lowest BCUT2D eigenvalue weighted by atomic mass is 10.1. The SMILES string of the molecule is CC(N[Si](c1ccccc1)(c1ccccc1)C(C)(C)C)c1ccc(F)cc1. The fourth-order valence-electron chi connectivity index (χ4n) is 3.95. The summed E-state index contributed by atoms with van der Waals surface area (Å²) in [6.07, 6.45) is 0. The maximum absolute atomic E-state index is 13.4. The van der Waals surface area contributed by atoms with Crippen molar-refractivity contribution in [1.29, 1.82) is 0 Å². The van der Waals surface area contributed by atoms with Gasteiger partial charge in [0.2, 0.25) is 0 Å². The van der Waals surface area contributed by atoms with Crippen LogP contribution in [-0.4, -0.2) is 8.24 Å². The van der Waals surface area contributed by atoms with Gasteiger partial charge in [0, 0.05) is 6.04 Å². The van der Waals surface area contributed by atoms with E-state index in [1.54, 1.807) is 12.1 Å². The van der Waals surface area contributed by atoms with Crippen LogP contribution in [0.4, 0.5) is 4.39 Å². The lowest BCUT2D eigenvalue weighted by Gasteiger charge is -2.46. The van der Waals surface area contributed by atoms with E-state index < -0.39 is 8.24 Å². The molecule has 0 aliphatic rings. The van der Waals surface area contributed by atoms with Crippen molar-refractivity contribution in [2.45, 2.75) is 38.8 Å². The van der Waals surface area contributed by atoms with Crippen LogP contribution in [0.25, 0.3) is 0 Å². The molecule has 140 valence electrons. The van der Waals surface area contributed by atoms with Gasteiger partial charge < -0.3 is 4.98 Å². The molecule has 0 spiro atoms. The average molecular weight is 378 g/mol. The smallest absolute Gasteiger partial charge is 0.195 e. The van der Waals surface area contributed by atoms with Crippen LogP contribution in [0.3, 0.4) is 0 Å². The third kappa shape index (κ3) is 3.90. The summed E-state index contributed by atoms with van der Waals surface area (Å²) in [5.41, 5.74) is 1.10. The summed E-state index contributed by atoms with van der Waals surface area (Å²) < 4.78 is 13.4. The number of benzene rings is 3. The molecule has 3 aromatic carbocycles. The van der Waals surface area contributed by atoms with Gasteiger partial charge in [-0.3, -0.25) is 0 Å². The van der Waals surface area contributed by atoms with Crippen LogP contribution in [-0.2, 0) is 0 Å². The Hall–Kier alpha value is -2.23. The lowest BCUT2D eigenvalue weighted by molar-refractivity contribution is 0.621. The van der Waals surface area contributed by atoms with Crippen molar-refractivity contribution in [3.05, 3.63) is 96.3 Å². The first-order valence-corrected chi connectivity index (χ1v) is 11.5. The summed E-state index contributed by atoms with van der Waals surface area (Å²) in [4.78, 5) is 4.06.